The second kappa shape index (κ2) is 9.01. The summed E-state index contributed by atoms with van der Waals surface area (Å²) in [5.41, 5.74) is 4.04. The lowest BCUT2D eigenvalue weighted by molar-refractivity contribution is 0.127. The number of ether oxygens (including phenoxy) is 2. The van der Waals surface area contributed by atoms with Gasteiger partial charge in [0.2, 0.25) is 5.88 Å². The van der Waals surface area contributed by atoms with Crippen LogP contribution in [0.25, 0.3) is 28.3 Å². The van der Waals surface area contributed by atoms with Crippen molar-refractivity contribution in [1.82, 2.24) is 24.7 Å². The number of rotatable bonds is 7. The van der Waals surface area contributed by atoms with Crippen LogP contribution >= 0.6 is 0 Å². The molecule has 0 spiro atoms. The Morgan fingerprint density at radius 1 is 1.00 bits per heavy atom. The Morgan fingerprint density at radius 3 is 2.52 bits per heavy atom. The SMILES string of the molecule is CCOCc1nnc(-c2ccc(-c3ccc(F)cc3C)nc2)n1-c1ccc(OC)nc1. The van der Waals surface area contributed by atoms with Gasteiger partial charge in [-0.25, -0.2) is 9.37 Å². The maximum Gasteiger partial charge on any atom is 0.213 e. The smallest absolute Gasteiger partial charge is 0.213 e. The molecule has 0 atom stereocenters. The van der Waals surface area contributed by atoms with Gasteiger partial charge in [-0.1, -0.05) is 0 Å². The number of aromatic nitrogens is 5. The van der Waals surface area contributed by atoms with Crippen LogP contribution in [-0.4, -0.2) is 38.4 Å². The molecule has 0 fully saturated rings. The summed E-state index contributed by atoms with van der Waals surface area (Å²) in [5, 5.41) is 8.69. The van der Waals surface area contributed by atoms with Crippen molar-refractivity contribution in [3.63, 3.8) is 0 Å². The van der Waals surface area contributed by atoms with Crippen LogP contribution in [0.3, 0.4) is 0 Å². The van der Waals surface area contributed by atoms with Gasteiger partial charge in [-0.2, -0.15) is 0 Å². The van der Waals surface area contributed by atoms with Crippen LogP contribution in [0.15, 0.2) is 54.9 Å². The first-order valence-corrected chi connectivity index (χ1v) is 9.86. The molecule has 0 bridgehead atoms. The Hall–Kier alpha value is -3.65. The molecule has 0 N–H and O–H groups in total. The van der Waals surface area contributed by atoms with Crippen LogP contribution in [-0.2, 0) is 11.3 Å². The van der Waals surface area contributed by atoms with E-state index in [9.17, 15) is 4.39 Å². The Balaban J connectivity index is 1.74. The highest BCUT2D eigenvalue weighted by Crippen LogP contribution is 2.27. The molecule has 158 valence electrons. The highest BCUT2D eigenvalue weighted by molar-refractivity contribution is 5.66. The minimum atomic E-state index is -0.263. The van der Waals surface area contributed by atoms with E-state index in [1.165, 1.54) is 12.1 Å². The summed E-state index contributed by atoms with van der Waals surface area (Å²) in [7, 11) is 1.57. The van der Waals surface area contributed by atoms with Gasteiger partial charge in [0.1, 0.15) is 12.4 Å². The van der Waals surface area contributed by atoms with Gasteiger partial charge >= 0.3 is 0 Å². The molecule has 0 aliphatic carbocycles. The fraction of sp³-hybridized carbons (Fsp3) is 0.217. The van der Waals surface area contributed by atoms with Gasteiger partial charge in [-0.3, -0.25) is 9.55 Å². The number of hydrogen-bond donors (Lipinski definition) is 0. The lowest BCUT2D eigenvalue weighted by Gasteiger charge is -2.11. The van der Waals surface area contributed by atoms with Crippen molar-refractivity contribution in [2.45, 2.75) is 20.5 Å². The van der Waals surface area contributed by atoms with Gasteiger partial charge in [0.05, 0.1) is 24.7 Å². The van der Waals surface area contributed by atoms with Gasteiger partial charge in [0.25, 0.3) is 0 Å². The number of hydrogen-bond acceptors (Lipinski definition) is 6. The van der Waals surface area contributed by atoms with E-state index in [1.807, 2.05) is 36.6 Å². The molecule has 0 radical (unpaired) electrons. The van der Waals surface area contributed by atoms with Gasteiger partial charge in [0, 0.05) is 30.0 Å². The summed E-state index contributed by atoms with van der Waals surface area (Å²) in [6.07, 6.45) is 3.44. The predicted octanol–water partition coefficient (Wildman–Crippen LogP) is 4.38. The molecule has 4 rings (SSSR count). The van der Waals surface area contributed by atoms with E-state index in [0.29, 0.717) is 30.7 Å². The van der Waals surface area contributed by atoms with E-state index in [-0.39, 0.29) is 5.82 Å². The number of benzene rings is 1. The number of methoxy groups -OCH3 is 1. The summed E-state index contributed by atoms with van der Waals surface area (Å²) in [4.78, 5) is 8.87. The minimum Gasteiger partial charge on any atom is -0.481 e. The van der Waals surface area contributed by atoms with Crippen molar-refractivity contribution in [2.24, 2.45) is 0 Å². The Kier molecular flexibility index (Phi) is 5.99. The molecule has 0 saturated carbocycles. The predicted molar refractivity (Wildman–Crippen MR) is 114 cm³/mol. The van der Waals surface area contributed by atoms with E-state index in [4.69, 9.17) is 9.47 Å². The lowest BCUT2D eigenvalue weighted by atomic mass is 10.0. The average Bonchev–Trinajstić information content (AvgIpc) is 3.22. The highest BCUT2D eigenvalue weighted by Gasteiger charge is 2.17. The summed E-state index contributed by atoms with van der Waals surface area (Å²) in [6, 6.07) is 12.2. The molecule has 3 heterocycles. The molecular weight excluding hydrogens is 397 g/mol. The number of halogens is 1. The molecule has 0 aliphatic heterocycles. The van der Waals surface area contributed by atoms with Gasteiger partial charge in [-0.05, 0) is 55.8 Å². The second-order valence-electron chi connectivity index (χ2n) is 6.86. The third-order valence-corrected chi connectivity index (χ3v) is 4.84. The molecule has 0 aliphatic rings. The van der Waals surface area contributed by atoms with Crippen molar-refractivity contribution in [2.75, 3.05) is 13.7 Å². The number of aryl methyl sites for hydroxylation is 1. The fourth-order valence-electron chi connectivity index (χ4n) is 3.29. The molecule has 31 heavy (non-hydrogen) atoms. The van der Waals surface area contributed by atoms with Crippen LogP contribution in [0, 0.1) is 12.7 Å². The third kappa shape index (κ3) is 4.29. The summed E-state index contributed by atoms with van der Waals surface area (Å²) < 4.78 is 26.0. The zero-order valence-electron chi connectivity index (χ0n) is 17.5. The Bertz CT molecular complexity index is 1170. The topological polar surface area (TPSA) is 75.0 Å². The van der Waals surface area contributed by atoms with E-state index in [2.05, 4.69) is 20.2 Å². The van der Waals surface area contributed by atoms with Crippen LogP contribution in [0.1, 0.15) is 18.3 Å². The van der Waals surface area contributed by atoms with E-state index in [1.54, 1.807) is 31.6 Å². The molecule has 7 nitrogen and oxygen atoms in total. The number of nitrogens with zero attached hydrogens (tertiary/aromatic N) is 5. The third-order valence-electron chi connectivity index (χ3n) is 4.84. The molecule has 8 heteroatoms. The van der Waals surface area contributed by atoms with Crippen molar-refractivity contribution in [1.29, 1.82) is 0 Å². The van der Waals surface area contributed by atoms with Gasteiger partial charge < -0.3 is 9.47 Å². The van der Waals surface area contributed by atoms with Crippen LogP contribution < -0.4 is 4.74 Å². The summed E-state index contributed by atoms with van der Waals surface area (Å²) in [6.45, 7) is 4.67. The van der Waals surface area contributed by atoms with E-state index < -0.39 is 0 Å². The van der Waals surface area contributed by atoms with Crippen molar-refractivity contribution < 1.29 is 13.9 Å². The average molecular weight is 419 g/mol. The molecule has 0 saturated heterocycles. The van der Waals surface area contributed by atoms with Crippen LogP contribution in [0.5, 0.6) is 5.88 Å². The first-order chi connectivity index (χ1) is 15.1. The standard InChI is InChI=1S/C23H22FN5O2/c1-4-31-14-21-27-28-23(29(21)18-7-10-22(30-3)26-13-18)16-5-9-20(25-12-16)19-8-6-17(24)11-15(19)2/h5-13H,4,14H2,1-3H3. The normalized spacial score (nSPS) is 11.0. The van der Waals surface area contributed by atoms with Crippen molar-refractivity contribution >= 4 is 0 Å². The molecule has 1 aromatic carbocycles. The lowest BCUT2D eigenvalue weighted by Crippen LogP contribution is -2.06. The van der Waals surface area contributed by atoms with Crippen LogP contribution in [0.2, 0.25) is 0 Å². The molecular formula is C23H22FN5O2. The van der Waals surface area contributed by atoms with Gasteiger partial charge in [0.15, 0.2) is 11.6 Å². The molecule has 0 unspecified atom stereocenters. The Labute approximate surface area is 179 Å². The second-order valence-corrected chi connectivity index (χ2v) is 6.86. The summed E-state index contributed by atoms with van der Waals surface area (Å²) >= 11 is 0. The van der Waals surface area contributed by atoms with Gasteiger partial charge in [-0.15, -0.1) is 10.2 Å². The zero-order valence-corrected chi connectivity index (χ0v) is 17.5. The quantitative estimate of drug-likeness (QED) is 0.442. The van der Waals surface area contributed by atoms with E-state index >= 15 is 0 Å². The molecule has 3 aromatic heterocycles. The highest BCUT2D eigenvalue weighted by atomic mass is 19.1. The maximum absolute atomic E-state index is 13.4. The minimum absolute atomic E-state index is 0.263. The first-order valence-electron chi connectivity index (χ1n) is 9.86. The van der Waals surface area contributed by atoms with Crippen molar-refractivity contribution in [3.8, 4) is 34.2 Å². The summed E-state index contributed by atoms with van der Waals surface area (Å²) in [5.74, 6) is 1.53. The molecule has 0 amide bonds. The fourth-order valence-corrected chi connectivity index (χ4v) is 3.29. The monoisotopic (exact) mass is 419 g/mol. The van der Waals surface area contributed by atoms with Crippen LogP contribution in [0.4, 0.5) is 4.39 Å². The number of pyridine rings is 2. The largest absolute Gasteiger partial charge is 0.481 e. The zero-order chi connectivity index (χ0) is 21.8. The maximum atomic E-state index is 13.4. The van der Waals surface area contributed by atoms with Crippen molar-refractivity contribution in [3.05, 3.63) is 72.1 Å². The Morgan fingerprint density at radius 2 is 1.87 bits per heavy atom. The molecule has 4 aromatic rings. The first kappa shape index (κ1) is 20.6. The van der Waals surface area contributed by atoms with E-state index in [0.717, 1.165) is 28.1 Å².